The third-order valence-corrected chi connectivity index (χ3v) is 9.28. The SMILES string of the molecule is COc1cccc(S(=O)(=O)N2CCCCN3[C@H](CO)[C@@H](c4ccc(-c5ccccc5)cc4)[C@H]3C2)c1. The molecule has 0 amide bonds. The molecule has 0 aromatic heterocycles. The summed E-state index contributed by atoms with van der Waals surface area (Å²) >= 11 is 0. The van der Waals surface area contributed by atoms with Crippen LogP contribution in [-0.4, -0.2) is 68.2 Å². The molecular formula is C28H32N2O4S. The zero-order chi connectivity index (χ0) is 24.4. The number of hydrogen-bond donors (Lipinski definition) is 1. The van der Waals surface area contributed by atoms with E-state index in [0.29, 0.717) is 18.8 Å². The Morgan fingerprint density at radius 2 is 1.63 bits per heavy atom. The Morgan fingerprint density at radius 3 is 2.34 bits per heavy atom. The second kappa shape index (κ2) is 10.1. The summed E-state index contributed by atoms with van der Waals surface area (Å²) in [6, 6.07) is 25.5. The Hall–Kier alpha value is -2.71. The second-order valence-electron chi connectivity index (χ2n) is 9.32. The molecule has 3 atom stereocenters. The van der Waals surface area contributed by atoms with Crippen molar-refractivity contribution in [2.24, 2.45) is 0 Å². The second-order valence-corrected chi connectivity index (χ2v) is 11.3. The molecule has 0 saturated carbocycles. The highest BCUT2D eigenvalue weighted by Gasteiger charge is 2.50. The maximum Gasteiger partial charge on any atom is 0.243 e. The van der Waals surface area contributed by atoms with Crippen LogP contribution in [0.5, 0.6) is 5.75 Å². The maximum atomic E-state index is 13.6. The summed E-state index contributed by atoms with van der Waals surface area (Å²) in [5.41, 5.74) is 3.45. The molecule has 3 aromatic rings. The summed E-state index contributed by atoms with van der Waals surface area (Å²) < 4.78 is 34.1. The van der Waals surface area contributed by atoms with E-state index in [1.54, 1.807) is 28.6 Å². The summed E-state index contributed by atoms with van der Waals surface area (Å²) in [6.07, 6.45) is 1.69. The number of nitrogens with zero attached hydrogens (tertiary/aromatic N) is 2. The fraction of sp³-hybridized carbons (Fsp3) is 0.357. The first-order chi connectivity index (χ1) is 17.0. The van der Waals surface area contributed by atoms with Crippen LogP contribution in [0.2, 0.25) is 0 Å². The molecule has 2 fully saturated rings. The molecule has 0 spiro atoms. The van der Waals surface area contributed by atoms with E-state index in [9.17, 15) is 13.5 Å². The van der Waals surface area contributed by atoms with Gasteiger partial charge in [-0.05, 0) is 48.2 Å². The van der Waals surface area contributed by atoms with Gasteiger partial charge in [-0.3, -0.25) is 4.90 Å². The number of sulfonamides is 1. The Bertz CT molecular complexity index is 1250. The van der Waals surface area contributed by atoms with Crippen molar-refractivity contribution in [3.8, 4) is 16.9 Å². The Balaban J connectivity index is 1.42. The van der Waals surface area contributed by atoms with Crippen molar-refractivity contribution in [2.75, 3.05) is 33.4 Å². The molecule has 2 aliphatic rings. The molecule has 184 valence electrons. The highest BCUT2D eigenvalue weighted by molar-refractivity contribution is 7.89. The average Bonchev–Trinajstić information content (AvgIpc) is 2.88. The predicted molar refractivity (Wildman–Crippen MR) is 137 cm³/mol. The van der Waals surface area contributed by atoms with E-state index in [1.807, 2.05) is 18.2 Å². The number of aliphatic hydroxyl groups is 1. The van der Waals surface area contributed by atoms with E-state index in [2.05, 4.69) is 41.3 Å². The predicted octanol–water partition coefficient (Wildman–Crippen LogP) is 3.98. The van der Waals surface area contributed by atoms with Crippen LogP contribution >= 0.6 is 0 Å². The number of ether oxygens (including phenoxy) is 1. The third-order valence-electron chi connectivity index (χ3n) is 7.41. The quantitative estimate of drug-likeness (QED) is 0.564. The van der Waals surface area contributed by atoms with Crippen LogP contribution in [0.15, 0.2) is 83.8 Å². The molecule has 0 aliphatic carbocycles. The summed E-state index contributed by atoms with van der Waals surface area (Å²) in [4.78, 5) is 2.55. The van der Waals surface area contributed by atoms with Crippen LogP contribution < -0.4 is 4.74 Å². The number of fused-ring (bicyclic) bond motifs is 1. The molecule has 0 bridgehead atoms. The van der Waals surface area contributed by atoms with Gasteiger partial charge < -0.3 is 9.84 Å². The van der Waals surface area contributed by atoms with Crippen molar-refractivity contribution in [2.45, 2.75) is 35.7 Å². The van der Waals surface area contributed by atoms with Crippen molar-refractivity contribution >= 4 is 10.0 Å². The molecule has 1 N–H and O–H groups in total. The molecule has 2 heterocycles. The fourth-order valence-electron chi connectivity index (χ4n) is 5.57. The molecule has 7 heteroatoms. The van der Waals surface area contributed by atoms with Gasteiger partial charge in [0.2, 0.25) is 10.0 Å². The van der Waals surface area contributed by atoms with E-state index in [-0.39, 0.29) is 29.5 Å². The van der Waals surface area contributed by atoms with Gasteiger partial charge in [0, 0.05) is 37.2 Å². The Morgan fingerprint density at radius 1 is 0.914 bits per heavy atom. The first-order valence-electron chi connectivity index (χ1n) is 12.2. The molecule has 35 heavy (non-hydrogen) atoms. The molecule has 6 nitrogen and oxygen atoms in total. The van der Waals surface area contributed by atoms with E-state index >= 15 is 0 Å². The molecule has 2 aliphatic heterocycles. The summed E-state index contributed by atoms with van der Waals surface area (Å²) in [5.74, 6) is 0.603. The highest BCUT2D eigenvalue weighted by atomic mass is 32.2. The van der Waals surface area contributed by atoms with Gasteiger partial charge in [-0.1, -0.05) is 60.7 Å². The van der Waals surface area contributed by atoms with E-state index in [4.69, 9.17) is 4.74 Å². The Labute approximate surface area is 207 Å². The van der Waals surface area contributed by atoms with Crippen molar-refractivity contribution < 1.29 is 18.3 Å². The molecule has 2 saturated heterocycles. The molecule has 0 radical (unpaired) electrons. The van der Waals surface area contributed by atoms with Gasteiger partial charge in [-0.15, -0.1) is 0 Å². The first kappa shape index (κ1) is 24.0. The van der Waals surface area contributed by atoms with Crippen LogP contribution in [0.1, 0.15) is 24.3 Å². The van der Waals surface area contributed by atoms with Crippen molar-refractivity contribution in [3.05, 3.63) is 84.4 Å². The van der Waals surface area contributed by atoms with Gasteiger partial charge in [0.15, 0.2) is 0 Å². The fourth-order valence-corrected chi connectivity index (χ4v) is 7.10. The minimum absolute atomic E-state index is 0.00190. The topological polar surface area (TPSA) is 70.1 Å². The van der Waals surface area contributed by atoms with Gasteiger partial charge in [0.1, 0.15) is 5.75 Å². The van der Waals surface area contributed by atoms with Crippen LogP contribution in [0.25, 0.3) is 11.1 Å². The third kappa shape index (κ3) is 4.61. The maximum absolute atomic E-state index is 13.6. The van der Waals surface area contributed by atoms with E-state index < -0.39 is 10.0 Å². The summed E-state index contributed by atoms with van der Waals surface area (Å²) in [5, 5.41) is 10.2. The minimum atomic E-state index is -3.67. The number of hydrogen-bond acceptors (Lipinski definition) is 5. The normalized spacial score (nSPS) is 23.5. The summed E-state index contributed by atoms with van der Waals surface area (Å²) in [7, 11) is -2.13. The lowest BCUT2D eigenvalue weighted by Gasteiger charge is -2.57. The zero-order valence-electron chi connectivity index (χ0n) is 20.0. The van der Waals surface area contributed by atoms with E-state index in [0.717, 1.165) is 36.1 Å². The highest BCUT2D eigenvalue weighted by Crippen LogP contribution is 2.43. The van der Waals surface area contributed by atoms with Gasteiger partial charge in [0.25, 0.3) is 0 Å². The average molecular weight is 493 g/mol. The van der Waals surface area contributed by atoms with Crippen molar-refractivity contribution in [3.63, 3.8) is 0 Å². The smallest absolute Gasteiger partial charge is 0.243 e. The lowest BCUT2D eigenvalue weighted by molar-refractivity contribution is -0.0553. The van der Waals surface area contributed by atoms with Crippen LogP contribution in [0.4, 0.5) is 0 Å². The minimum Gasteiger partial charge on any atom is -0.497 e. The number of rotatable bonds is 6. The molecule has 5 rings (SSSR count). The lowest BCUT2D eigenvalue weighted by atomic mass is 9.74. The molecule has 3 aromatic carbocycles. The number of benzene rings is 3. The van der Waals surface area contributed by atoms with Crippen molar-refractivity contribution in [1.82, 2.24) is 9.21 Å². The number of methoxy groups -OCH3 is 1. The van der Waals surface area contributed by atoms with Crippen LogP contribution in [0, 0.1) is 0 Å². The summed E-state index contributed by atoms with van der Waals surface area (Å²) in [6.45, 7) is 1.83. The molecule has 0 unspecified atom stereocenters. The monoisotopic (exact) mass is 492 g/mol. The lowest BCUT2D eigenvalue weighted by Crippen LogP contribution is -2.67. The van der Waals surface area contributed by atoms with Gasteiger partial charge >= 0.3 is 0 Å². The number of aliphatic hydroxyl groups excluding tert-OH is 1. The van der Waals surface area contributed by atoms with Gasteiger partial charge in [0.05, 0.1) is 18.6 Å². The largest absolute Gasteiger partial charge is 0.497 e. The standard InChI is InChI=1S/C28H32N2O4S/c1-34-24-10-7-11-25(18-24)35(32,33)29-16-5-6-17-30-26(19-29)28(27(30)20-31)23-14-12-22(13-15-23)21-8-3-2-4-9-21/h2-4,7-15,18,26-28,31H,5-6,16-17,19-20H2,1H3/t26-,27-,28+/m1/s1. The van der Waals surface area contributed by atoms with Crippen LogP contribution in [-0.2, 0) is 10.0 Å². The van der Waals surface area contributed by atoms with Gasteiger partial charge in [-0.2, -0.15) is 4.31 Å². The first-order valence-corrected chi connectivity index (χ1v) is 13.6. The van der Waals surface area contributed by atoms with E-state index in [1.165, 1.54) is 7.11 Å². The molecular weight excluding hydrogens is 460 g/mol. The van der Waals surface area contributed by atoms with Crippen LogP contribution in [0.3, 0.4) is 0 Å². The van der Waals surface area contributed by atoms with Crippen molar-refractivity contribution in [1.29, 1.82) is 0 Å². The van der Waals surface area contributed by atoms with Gasteiger partial charge in [-0.25, -0.2) is 8.42 Å². The Kier molecular flexibility index (Phi) is 6.93. The zero-order valence-corrected chi connectivity index (χ0v) is 20.8.